The van der Waals surface area contributed by atoms with Gasteiger partial charge in [-0.3, -0.25) is 4.55 Å². The second-order valence-corrected chi connectivity index (χ2v) is 20.1. The van der Waals surface area contributed by atoms with Crippen molar-refractivity contribution in [3.8, 4) is 11.1 Å². The summed E-state index contributed by atoms with van der Waals surface area (Å²) in [6.45, 7) is 2.45. The van der Waals surface area contributed by atoms with Crippen LogP contribution in [-0.4, -0.2) is 35.7 Å². The molecule has 0 saturated heterocycles. The molecular formula is C37H53NO3PPdS+2. The topological polar surface area (TPSA) is 80.4 Å². The van der Waals surface area contributed by atoms with Gasteiger partial charge in [0.2, 0.25) is 0 Å². The number of benzene rings is 2. The van der Waals surface area contributed by atoms with Crippen molar-refractivity contribution in [1.82, 2.24) is 0 Å². The molecule has 8 bridgehead atoms. The van der Waals surface area contributed by atoms with Crippen LogP contribution < -0.4 is 5.73 Å². The Kier molecular flexibility index (Phi) is 11.1. The van der Waals surface area contributed by atoms with Crippen LogP contribution in [0.4, 0.5) is 5.69 Å². The number of hydrogen-bond acceptors (Lipinski definition) is 3. The van der Waals surface area contributed by atoms with E-state index in [0.29, 0.717) is 6.26 Å². The van der Waals surface area contributed by atoms with Crippen molar-refractivity contribution < 1.29 is 33.4 Å². The second kappa shape index (κ2) is 14.2. The van der Waals surface area contributed by atoms with E-state index in [4.69, 9.17) is 10.3 Å². The van der Waals surface area contributed by atoms with E-state index in [0.717, 1.165) is 62.6 Å². The van der Waals surface area contributed by atoms with Gasteiger partial charge in [-0.2, -0.15) is 8.42 Å². The maximum atomic E-state index is 9.19. The number of unbranched alkanes of at least 4 members (excludes halogenated alkanes) is 1. The molecular weight excluding hydrogens is 676 g/mol. The third-order valence-electron chi connectivity index (χ3n) is 11.9. The SMILES string of the molecule is CCCCP(C12CC3CC(CC(C3)C1)C2)C12CC3CC(CC(C3)C1)C2.CS(=O)(=O)O.Nc1ccccc1-c1[c]cccc1.[Pd+2]. The van der Waals surface area contributed by atoms with Crippen molar-refractivity contribution in [3.63, 3.8) is 0 Å². The molecule has 8 aliphatic carbocycles. The second-order valence-electron chi connectivity index (χ2n) is 15.4. The van der Waals surface area contributed by atoms with Crippen molar-refractivity contribution in [3.05, 3.63) is 54.6 Å². The molecule has 0 atom stereocenters. The van der Waals surface area contributed by atoms with Gasteiger partial charge in [0.05, 0.1) is 6.26 Å². The van der Waals surface area contributed by atoms with Crippen LogP contribution in [0.25, 0.3) is 11.1 Å². The van der Waals surface area contributed by atoms with Gasteiger partial charge in [0.1, 0.15) is 0 Å². The van der Waals surface area contributed by atoms with Gasteiger partial charge in [0.15, 0.2) is 0 Å². The molecule has 8 aliphatic rings. The minimum absolute atomic E-state index is 0. The maximum Gasteiger partial charge on any atom is 2.00 e. The van der Waals surface area contributed by atoms with Gasteiger partial charge >= 0.3 is 20.4 Å². The molecule has 3 N–H and O–H groups in total. The van der Waals surface area contributed by atoms with Gasteiger partial charge < -0.3 is 5.73 Å². The van der Waals surface area contributed by atoms with E-state index in [1.54, 1.807) is 89.6 Å². The molecule has 2 aromatic rings. The Hall–Kier alpha value is -0.758. The van der Waals surface area contributed by atoms with Gasteiger partial charge in [0.25, 0.3) is 10.1 Å². The van der Waals surface area contributed by atoms with Crippen molar-refractivity contribution in [1.29, 1.82) is 0 Å². The molecule has 8 fully saturated rings. The first-order valence-electron chi connectivity index (χ1n) is 17.1. The molecule has 8 saturated carbocycles. The number of para-hydroxylation sites is 1. The zero-order valence-corrected chi connectivity index (χ0v) is 30.0. The van der Waals surface area contributed by atoms with Crippen molar-refractivity contribution in [2.45, 2.75) is 107 Å². The van der Waals surface area contributed by atoms with E-state index in [2.05, 4.69) is 13.0 Å². The van der Waals surface area contributed by atoms with Gasteiger partial charge in [-0.05, 0) is 153 Å². The molecule has 10 rings (SSSR count). The number of hydrogen-bond donors (Lipinski definition) is 2. The van der Waals surface area contributed by atoms with Gasteiger partial charge in [-0.25, -0.2) is 0 Å². The van der Waals surface area contributed by atoms with Crippen LogP contribution in [0, 0.1) is 41.6 Å². The van der Waals surface area contributed by atoms with Gasteiger partial charge in [-0.15, -0.1) is 0 Å². The fourth-order valence-electron chi connectivity index (χ4n) is 11.4. The maximum absolute atomic E-state index is 9.19. The molecule has 4 nitrogen and oxygen atoms in total. The smallest absolute Gasteiger partial charge is 0.398 e. The average Bonchev–Trinajstić information content (AvgIpc) is 2.92. The third kappa shape index (κ3) is 7.85. The molecule has 1 radical (unpaired) electrons. The number of rotatable bonds is 6. The Balaban J connectivity index is 0.000000171. The summed E-state index contributed by atoms with van der Waals surface area (Å²) in [5.74, 6) is 6.95. The van der Waals surface area contributed by atoms with E-state index in [9.17, 15) is 8.42 Å². The summed E-state index contributed by atoms with van der Waals surface area (Å²) < 4.78 is 25.9. The quantitative estimate of drug-likeness (QED) is 0.134. The largest absolute Gasteiger partial charge is 2.00 e. The normalized spacial score (nSPS) is 36.3. The Morgan fingerprint density at radius 3 is 1.57 bits per heavy atom. The van der Waals surface area contributed by atoms with Crippen LogP contribution in [0.15, 0.2) is 48.5 Å². The summed E-state index contributed by atoms with van der Waals surface area (Å²) in [5.41, 5.74) is 8.72. The van der Waals surface area contributed by atoms with E-state index >= 15 is 0 Å². The molecule has 0 heterocycles. The summed E-state index contributed by atoms with van der Waals surface area (Å²) >= 11 is 0. The van der Waals surface area contributed by atoms with Crippen LogP contribution >= 0.6 is 7.92 Å². The van der Waals surface area contributed by atoms with Crippen LogP contribution in [0.2, 0.25) is 0 Å². The van der Waals surface area contributed by atoms with E-state index in [-0.39, 0.29) is 28.3 Å². The van der Waals surface area contributed by atoms with E-state index in [1.807, 2.05) is 48.5 Å². The number of nitrogen functional groups attached to an aromatic ring is 1. The first kappa shape index (κ1) is 34.6. The Bertz CT molecular complexity index is 1230. The first-order valence-corrected chi connectivity index (χ1v) is 20.4. The molecule has 0 unspecified atom stereocenters. The van der Waals surface area contributed by atoms with Crippen LogP contribution in [0.1, 0.15) is 96.8 Å². The zero-order valence-electron chi connectivity index (χ0n) is 26.7. The van der Waals surface area contributed by atoms with Crippen molar-refractivity contribution >= 4 is 23.7 Å². The molecule has 2 aromatic carbocycles. The zero-order chi connectivity index (χ0) is 30.2. The minimum atomic E-state index is -3.67. The Morgan fingerprint density at radius 2 is 1.20 bits per heavy atom. The summed E-state index contributed by atoms with van der Waals surface area (Å²) in [6, 6.07) is 18.8. The summed E-state index contributed by atoms with van der Waals surface area (Å²) in [4.78, 5) is 0. The molecule has 0 aliphatic heterocycles. The number of nitrogens with two attached hydrogens (primary N) is 1. The number of anilines is 1. The molecule has 0 spiro atoms. The summed E-state index contributed by atoms with van der Waals surface area (Å²) in [7, 11) is -3.38. The monoisotopic (exact) mass is 728 g/mol. The predicted molar refractivity (Wildman–Crippen MR) is 181 cm³/mol. The van der Waals surface area contributed by atoms with Crippen LogP contribution in [-0.2, 0) is 30.5 Å². The first-order chi connectivity index (χ1) is 20.5. The minimum Gasteiger partial charge on any atom is -0.398 e. The molecule has 0 aromatic heterocycles. The Morgan fingerprint density at radius 1 is 0.795 bits per heavy atom. The van der Waals surface area contributed by atoms with Crippen LogP contribution in [0.5, 0.6) is 0 Å². The average molecular weight is 729 g/mol. The third-order valence-corrected chi connectivity index (χ3v) is 16.0. The Labute approximate surface area is 282 Å². The molecule has 7 heteroatoms. The molecule has 44 heavy (non-hydrogen) atoms. The van der Waals surface area contributed by atoms with E-state index in [1.165, 1.54) is 6.42 Å². The molecule has 243 valence electrons. The summed E-state index contributed by atoms with van der Waals surface area (Å²) in [5, 5.41) is 1.76. The van der Waals surface area contributed by atoms with Crippen molar-refractivity contribution in [2.75, 3.05) is 18.2 Å². The van der Waals surface area contributed by atoms with Crippen molar-refractivity contribution in [2.24, 2.45) is 35.5 Å². The fraction of sp³-hybridized carbons (Fsp3) is 0.676. The summed E-state index contributed by atoms with van der Waals surface area (Å²) in [6.07, 6.45) is 25.3. The molecule has 0 amide bonds. The van der Waals surface area contributed by atoms with Crippen LogP contribution in [0.3, 0.4) is 0 Å². The van der Waals surface area contributed by atoms with Gasteiger partial charge in [0, 0.05) is 11.3 Å². The standard InChI is InChI=1S/C24H39P.C12H10N.CH4O3S.Pd/c1-2-3-4-25(23-11-17-5-18(12-23)7-19(6-17)13-23)24-14-20-8-21(15-24)10-22(9-20)16-24;13-12-9-5-4-8-11(12)10-6-2-1-3-7-10;1-5(2,3)4;/h17-22H,2-16H2,1H3;1-6,8-9H,13H2;1H3,(H,2,3,4);/q;;;+2. The predicted octanol–water partition coefficient (Wildman–Crippen LogP) is 9.44. The van der Waals surface area contributed by atoms with Gasteiger partial charge in [-0.1, -0.05) is 63.7 Å². The fourth-order valence-corrected chi connectivity index (χ4v) is 16.8. The van der Waals surface area contributed by atoms with E-state index < -0.39 is 10.1 Å².